The fraction of sp³-hybridized carbons (Fsp3) is 0. The molecule has 102 valence electrons. The molecule has 0 saturated carbocycles. The third kappa shape index (κ3) is 3.51. The number of nitro benzene ring substituents is 1. The molecular formula is C14H8Cl3NO2. The second-order valence-corrected chi connectivity index (χ2v) is 5.22. The van der Waals surface area contributed by atoms with Gasteiger partial charge in [0.1, 0.15) is 5.02 Å². The van der Waals surface area contributed by atoms with Crippen LogP contribution in [0.4, 0.5) is 5.69 Å². The molecule has 0 radical (unpaired) electrons. The average Bonchev–Trinajstić information content (AvgIpc) is 2.39. The van der Waals surface area contributed by atoms with E-state index in [2.05, 4.69) is 0 Å². The van der Waals surface area contributed by atoms with Crippen LogP contribution in [0, 0.1) is 10.1 Å². The van der Waals surface area contributed by atoms with Gasteiger partial charge in [0.15, 0.2) is 0 Å². The molecule has 0 aliphatic carbocycles. The quantitative estimate of drug-likeness (QED) is 0.410. The Bertz CT molecular complexity index is 699. The summed E-state index contributed by atoms with van der Waals surface area (Å²) in [5.74, 6) is 0. The number of hydrogen-bond donors (Lipinski definition) is 0. The van der Waals surface area contributed by atoms with Crippen molar-refractivity contribution < 1.29 is 4.92 Å². The third-order valence-electron chi connectivity index (χ3n) is 2.58. The maximum atomic E-state index is 10.8. The Hall–Kier alpha value is -1.55. The molecular weight excluding hydrogens is 321 g/mol. The van der Waals surface area contributed by atoms with Crippen molar-refractivity contribution in [2.75, 3.05) is 0 Å². The van der Waals surface area contributed by atoms with E-state index in [9.17, 15) is 10.1 Å². The minimum absolute atomic E-state index is 0.108. The Morgan fingerprint density at radius 1 is 0.950 bits per heavy atom. The number of halogens is 3. The van der Waals surface area contributed by atoms with E-state index < -0.39 is 4.92 Å². The molecule has 0 saturated heterocycles. The van der Waals surface area contributed by atoms with Gasteiger partial charge in [-0.05, 0) is 29.3 Å². The normalized spacial score (nSPS) is 10.9. The van der Waals surface area contributed by atoms with Crippen LogP contribution < -0.4 is 0 Å². The number of nitro groups is 1. The zero-order chi connectivity index (χ0) is 14.7. The van der Waals surface area contributed by atoms with Crippen molar-refractivity contribution in [2.24, 2.45) is 0 Å². The van der Waals surface area contributed by atoms with Crippen molar-refractivity contribution >= 4 is 52.6 Å². The molecule has 0 fully saturated rings. The first-order valence-electron chi connectivity index (χ1n) is 5.54. The first kappa shape index (κ1) is 14.9. The monoisotopic (exact) mass is 327 g/mol. The predicted octanol–water partition coefficient (Wildman–Crippen LogP) is 5.73. The Labute approximate surface area is 130 Å². The van der Waals surface area contributed by atoms with Gasteiger partial charge >= 0.3 is 0 Å². The average molecular weight is 329 g/mol. The molecule has 0 N–H and O–H groups in total. The smallest absolute Gasteiger partial charge is 0.258 e. The molecule has 0 bridgehead atoms. The van der Waals surface area contributed by atoms with Gasteiger partial charge < -0.3 is 0 Å². The maximum Gasteiger partial charge on any atom is 0.288 e. The van der Waals surface area contributed by atoms with Crippen LogP contribution in [0.3, 0.4) is 0 Å². The summed E-state index contributed by atoms with van der Waals surface area (Å²) in [5, 5.41) is 12.0. The van der Waals surface area contributed by atoms with Gasteiger partial charge in [-0.15, -0.1) is 0 Å². The zero-order valence-corrected chi connectivity index (χ0v) is 12.3. The molecule has 2 aromatic rings. The van der Waals surface area contributed by atoms with E-state index in [4.69, 9.17) is 34.8 Å². The van der Waals surface area contributed by atoms with Gasteiger partial charge in [0.05, 0.1) is 4.92 Å². The number of benzene rings is 2. The molecule has 3 nitrogen and oxygen atoms in total. The molecule has 0 aliphatic rings. The van der Waals surface area contributed by atoms with Gasteiger partial charge in [0.2, 0.25) is 0 Å². The van der Waals surface area contributed by atoms with Crippen LogP contribution in [-0.4, -0.2) is 4.92 Å². The van der Waals surface area contributed by atoms with E-state index >= 15 is 0 Å². The molecule has 0 spiro atoms. The summed E-state index contributed by atoms with van der Waals surface area (Å²) in [7, 11) is 0. The predicted molar refractivity (Wildman–Crippen MR) is 83.5 cm³/mol. The van der Waals surface area contributed by atoms with E-state index in [-0.39, 0.29) is 10.7 Å². The topological polar surface area (TPSA) is 43.1 Å². The second kappa shape index (κ2) is 6.27. The summed E-state index contributed by atoms with van der Waals surface area (Å²) >= 11 is 17.6. The lowest BCUT2D eigenvalue weighted by Gasteiger charge is -2.00. The first-order valence-corrected chi connectivity index (χ1v) is 6.68. The second-order valence-electron chi connectivity index (χ2n) is 3.97. The zero-order valence-electron chi connectivity index (χ0n) is 10.0. The fourth-order valence-electron chi connectivity index (χ4n) is 1.60. The van der Waals surface area contributed by atoms with Gasteiger partial charge in [-0.3, -0.25) is 10.1 Å². The largest absolute Gasteiger partial charge is 0.288 e. The molecule has 0 atom stereocenters. The summed E-state index contributed by atoms with van der Waals surface area (Å²) in [6.07, 6.45) is 3.48. The molecule has 6 heteroatoms. The van der Waals surface area contributed by atoms with E-state index in [1.165, 1.54) is 12.1 Å². The highest BCUT2D eigenvalue weighted by atomic mass is 35.5. The van der Waals surface area contributed by atoms with E-state index in [1.807, 2.05) is 0 Å². The highest BCUT2D eigenvalue weighted by Crippen LogP contribution is 2.27. The van der Waals surface area contributed by atoms with Crippen LogP contribution in [0.2, 0.25) is 15.1 Å². The van der Waals surface area contributed by atoms with Gasteiger partial charge in [-0.25, -0.2) is 0 Å². The SMILES string of the molecule is O=[N+]([O-])c1cc(/C=C/c2ccc(Cl)cc2Cl)ccc1Cl. The Balaban J connectivity index is 2.32. The van der Waals surface area contributed by atoms with Gasteiger partial charge in [0.25, 0.3) is 5.69 Å². The van der Waals surface area contributed by atoms with Crippen molar-refractivity contribution in [3.8, 4) is 0 Å². The molecule has 0 unspecified atom stereocenters. The summed E-state index contributed by atoms with van der Waals surface area (Å²) in [6.45, 7) is 0. The van der Waals surface area contributed by atoms with E-state index in [1.54, 1.807) is 36.4 Å². The summed E-state index contributed by atoms with van der Waals surface area (Å²) < 4.78 is 0. The summed E-state index contributed by atoms with van der Waals surface area (Å²) in [4.78, 5) is 10.3. The van der Waals surface area contributed by atoms with Crippen molar-refractivity contribution in [1.29, 1.82) is 0 Å². The van der Waals surface area contributed by atoms with Gasteiger partial charge in [0, 0.05) is 16.1 Å². The molecule has 2 rings (SSSR count). The van der Waals surface area contributed by atoms with E-state index in [0.717, 1.165) is 5.56 Å². The molecule has 2 aromatic carbocycles. The van der Waals surface area contributed by atoms with Crippen LogP contribution in [0.25, 0.3) is 12.2 Å². The molecule has 0 aromatic heterocycles. The maximum absolute atomic E-state index is 10.8. The van der Waals surface area contributed by atoms with Gasteiger partial charge in [-0.2, -0.15) is 0 Å². The Morgan fingerprint density at radius 3 is 2.35 bits per heavy atom. The molecule has 0 amide bonds. The number of hydrogen-bond acceptors (Lipinski definition) is 2. The van der Waals surface area contributed by atoms with E-state index in [0.29, 0.717) is 15.6 Å². The van der Waals surface area contributed by atoms with Crippen LogP contribution in [0.1, 0.15) is 11.1 Å². The Morgan fingerprint density at radius 2 is 1.70 bits per heavy atom. The van der Waals surface area contributed by atoms with Crippen molar-refractivity contribution in [3.05, 3.63) is 72.7 Å². The highest BCUT2D eigenvalue weighted by Gasteiger charge is 2.11. The highest BCUT2D eigenvalue weighted by molar-refractivity contribution is 6.35. The minimum atomic E-state index is -0.519. The minimum Gasteiger partial charge on any atom is -0.258 e. The third-order valence-corrected chi connectivity index (χ3v) is 3.47. The lowest BCUT2D eigenvalue weighted by Crippen LogP contribution is -1.89. The van der Waals surface area contributed by atoms with Gasteiger partial charge in [-0.1, -0.05) is 59.1 Å². The van der Waals surface area contributed by atoms with Crippen molar-refractivity contribution in [2.45, 2.75) is 0 Å². The van der Waals surface area contributed by atoms with Crippen LogP contribution in [0.5, 0.6) is 0 Å². The summed E-state index contributed by atoms with van der Waals surface area (Å²) in [6, 6.07) is 9.71. The lowest BCUT2D eigenvalue weighted by molar-refractivity contribution is -0.384. The number of rotatable bonds is 3. The van der Waals surface area contributed by atoms with Crippen LogP contribution in [0.15, 0.2) is 36.4 Å². The standard InChI is InChI=1S/C14H8Cl3NO2/c15-11-5-4-10(13(17)8-11)3-1-9-2-6-12(16)14(7-9)18(19)20/h1-8H/b3-1+. The van der Waals surface area contributed by atoms with Crippen molar-refractivity contribution in [3.63, 3.8) is 0 Å². The number of nitrogens with zero attached hydrogens (tertiary/aromatic N) is 1. The summed E-state index contributed by atoms with van der Waals surface area (Å²) in [5.41, 5.74) is 1.30. The van der Waals surface area contributed by atoms with Crippen LogP contribution >= 0.6 is 34.8 Å². The lowest BCUT2D eigenvalue weighted by atomic mass is 10.1. The molecule has 0 aliphatic heterocycles. The Kier molecular flexibility index (Phi) is 4.65. The molecule has 20 heavy (non-hydrogen) atoms. The van der Waals surface area contributed by atoms with Crippen molar-refractivity contribution in [1.82, 2.24) is 0 Å². The fourth-order valence-corrected chi connectivity index (χ4v) is 2.25. The first-order chi connectivity index (χ1) is 9.47. The van der Waals surface area contributed by atoms with Crippen LogP contribution in [-0.2, 0) is 0 Å². The molecule has 0 heterocycles.